The zero-order valence-corrected chi connectivity index (χ0v) is 9.49. The summed E-state index contributed by atoms with van der Waals surface area (Å²) in [5.74, 6) is -0.840. The number of benzene rings is 1. The number of fused-ring (bicyclic) bond motifs is 1. The molecule has 2 aromatic rings. The summed E-state index contributed by atoms with van der Waals surface area (Å²) >= 11 is 1.20. The van der Waals surface area contributed by atoms with Crippen molar-refractivity contribution in [1.82, 2.24) is 9.97 Å². The first-order valence-corrected chi connectivity index (χ1v) is 5.73. The van der Waals surface area contributed by atoms with E-state index in [1.54, 1.807) is 0 Å². The maximum absolute atomic E-state index is 10.5. The number of hydrogen-bond acceptors (Lipinski definition) is 4. The van der Waals surface area contributed by atoms with Crippen molar-refractivity contribution in [1.29, 1.82) is 0 Å². The number of aromatic nitrogens is 2. The summed E-state index contributed by atoms with van der Waals surface area (Å²) in [7, 11) is 0. The second kappa shape index (κ2) is 4.49. The lowest BCUT2D eigenvalue weighted by Gasteiger charge is -2.04. The van der Waals surface area contributed by atoms with Gasteiger partial charge in [0.15, 0.2) is 0 Å². The third kappa shape index (κ3) is 2.30. The van der Waals surface area contributed by atoms with Crippen molar-refractivity contribution in [3.05, 3.63) is 30.0 Å². The van der Waals surface area contributed by atoms with Gasteiger partial charge in [-0.2, -0.15) is 0 Å². The second-order valence-electron chi connectivity index (χ2n) is 3.29. The van der Waals surface area contributed by atoms with Crippen molar-refractivity contribution in [3.63, 3.8) is 0 Å². The number of nitrogens with zero attached hydrogens (tertiary/aromatic N) is 2. The normalized spacial score (nSPS) is 10.6. The number of carboxylic acids is 1. The summed E-state index contributed by atoms with van der Waals surface area (Å²) < 4.78 is 0. The highest BCUT2D eigenvalue weighted by molar-refractivity contribution is 7.99. The summed E-state index contributed by atoms with van der Waals surface area (Å²) in [5, 5.41) is 9.29. The number of carboxylic acid groups (broad SMARTS) is 1. The van der Waals surface area contributed by atoms with Crippen molar-refractivity contribution in [3.8, 4) is 0 Å². The van der Waals surface area contributed by atoms with E-state index < -0.39 is 5.97 Å². The lowest BCUT2D eigenvalue weighted by molar-refractivity contribution is -0.133. The Morgan fingerprint density at radius 2 is 1.94 bits per heavy atom. The molecule has 16 heavy (non-hydrogen) atoms. The minimum absolute atomic E-state index is 0.00780. The van der Waals surface area contributed by atoms with Gasteiger partial charge in [-0.05, 0) is 19.1 Å². The first-order chi connectivity index (χ1) is 7.66. The van der Waals surface area contributed by atoms with Crippen LogP contribution in [0.3, 0.4) is 0 Å². The van der Waals surface area contributed by atoms with Crippen LogP contribution in [0.15, 0.2) is 29.3 Å². The van der Waals surface area contributed by atoms with Gasteiger partial charge >= 0.3 is 5.97 Å². The molecule has 0 fully saturated rings. The van der Waals surface area contributed by atoms with Gasteiger partial charge in [0.25, 0.3) is 0 Å². The monoisotopic (exact) mass is 234 g/mol. The molecular weight excluding hydrogens is 224 g/mol. The van der Waals surface area contributed by atoms with Crippen LogP contribution < -0.4 is 0 Å². The number of aryl methyl sites for hydroxylation is 1. The van der Waals surface area contributed by atoms with Crippen LogP contribution in [0.25, 0.3) is 11.0 Å². The average molecular weight is 234 g/mol. The summed E-state index contributed by atoms with van der Waals surface area (Å²) in [6.45, 7) is 1.84. The molecule has 1 aromatic heterocycles. The van der Waals surface area contributed by atoms with Crippen molar-refractivity contribution in [2.24, 2.45) is 0 Å². The Labute approximate surface area is 96.7 Å². The number of para-hydroxylation sites is 2. The maximum atomic E-state index is 10.5. The van der Waals surface area contributed by atoms with E-state index >= 15 is 0 Å². The fourth-order valence-corrected chi connectivity index (χ4v) is 2.02. The van der Waals surface area contributed by atoms with Crippen LogP contribution in [-0.2, 0) is 4.79 Å². The van der Waals surface area contributed by atoms with Crippen LogP contribution in [0.5, 0.6) is 0 Å². The average Bonchev–Trinajstić information content (AvgIpc) is 2.26. The van der Waals surface area contributed by atoms with Crippen LogP contribution in [0.2, 0.25) is 0 Å². The smallest absolute Gasteiger partial charge is 0.313 e. The van der Waals surface area contributed by atoms with Crippen LogP contribution in [0, 0.1) is 6.92 Å². The Hall–Kier alpha value is -1.62. The molecule has 0 radical (unpaired) electrons. The molecule has 0 aliphatic heterocycles. The standard InChI is InChI=1S/C11H10N2O2S/c1-7-11(16-6-10(14)15)13-9-5-3-2-4-8(9)12-7/h2-5H,6H2,1H3,(H,14,15). The molecule has 82 valence electrons. The van der Waals surface area contributed by atoms with Gasteiger partial charge in [0.05, 0.1) is 22.5 Å². The van der Waals surface area contributed by atoms with Gasteiger partial charge in [-0.25, -0.2) is 9.97 Å². The quantitative estimate of drug-likeness (QED) is 0.824. The Morgan fingerprint density at radius 3 is 2.56 bits per heavy atom. The lowest BCUT2D eigenvalue weighted by atomic mass is 10.3. The molecular formula is C11H10N2O2S. The molecule has 1 N–H and O–H groups in total. The summed E-state index contributed by atoms with van der Waals surface area (Å²) in [6.07, 6.45) is 0. The fourth-order valence-electron chi connectivity index (χ4n) is 1.34. The number of carbonyl (C=O) groups is 1. The van der Waals surface area contributed by atoms with Gasteiger partial charge in [0, 0.05) is 0 Å². The van der Waals surface area contributed by atoms with E-state index in [-0.39, 0.29) is 5.75 Å². The van der Waals surface area contributed by atoms with E-state index in [0.717, 1.165) is 16.7 Å². The molecule has 0 atom stereocenters. The topological polar surface area (TPSA) is 63.1 Å². The highest BCUT2D eigenvalue weighted by Crippen LogP contribution is 2.21. The van der Waals surface area contributed by atoms with Gasteiger partial charge in [-0.3, -0.25) is 4.79 Å². The molecule has 0 aliphatic carbocycles. The van der Waals surface area contributed by atoms with E-state index in [4.69, 9.17) is 5.11 Å². The predicted octanol–water partition coefficient (Wildman–Crippen LogP) is 2.11. The van der Waals surface area contributed by atoms with Crippen molar-refractivity contribution >= 4 is 28.8 Å². The molecule has 1 aromatic carbocycles. The van der Waals surface area contributed by atoms with E-state index in [1.165, 1.54) is 11.8 Å². The number of hydrogen-bond donors (Lipinski definition) is 1. The first-order valence-electron chi connectivity index (χ1n) is 4.75. The molecule has 5 heteroatoms. The van der Waals surface area contributed by atoms with Gasteiger partial charge in [0.1, 0.15) is 5.03 Å². The molecule has 0 aliphatic rings. The molecule has 0 saturated heterocycles. The van der Waals surface area contributed by atoms with Gasteiger partial charge < -0.3 is 5.11 Å². The van der Waals surface area contributed by atoms with E-state index in [9.17, 15) is 4.79 Å². The van der Waals surface area contributed by atoms with Crippen molar-refractivity contribution < 1.29 is 9.90 Å². The van der Waals surface area contributed by atoms with E-state index in [0.29, 0.717) is 5.03 Å². The summed E-state index contributed by atoms with van der Waals surface area (Å²) in [4.78, 5) is 19.2. The van der Waals surface area contributed by atoms with E-state index in [1.807, 2.05) is 31.2 Å². The number of rotatable bonds is 3. The van der Waals surface area contributed by atoms with Gasteiger partial charge in [-0.1, -0.05) is 23.9 Å². The molecule has 0 amide bonds. The molecule has 0 spiro atoms. The zero-order valence-electron chi connectivity index (χ0n) is 8.67. The number of thioether (sulfide) groups is 1. The molecule has 4 nitrogen and oxygen atoms in total. The second-order valence-corrected chi connectivity index (χ2v) is 4.25. The highest BCUT2D eigenvalue weighted by Gasteiger charge is 2.07. The minimum Gasteiger partial charge on any atom is -0.481 e. The SMILES string of the molecule is Cc1nc2ccccc2nc1SCC(=O)O. The molecule has 0 saturated carbocycles. The van der Waals surface area contributed by atoms with Crippen LogP contribution >= 0.6 is 11.8 Å². The van der Waals surface area contributed by atoms with Crippen molar-refractivity contribution in [2.45, 2.75) is 11.9 Å². The Morgan fingerprint density at radius 1 is 1.31 bits per heavy atom. The maximum Gasteiger partial charge on any atom is 0.313 e. The van der Waals surface area contributed by atoms with E-state index in [2.05, 4.69) is 9.97 Å². The summed E-state index contributed by atoms with van der Waals surface area (Å²) in [6, 6.07) is 7.55. The third-order valence-corrected chi connectivity index (χ3v) is 3.09. The molecule has 0 unspecified atom stereocenters. The summed E-state index contributed by atoms with van der Waals surface area (Å²) in [5.41, 5.74) is 2.39. The first kappa shape index (κ1) is 10.9. The van der Waals surface area contributed by atoms with Crippen LogP contribution in [-0.4, -0.2) is 26.8 Å². The van der Waals surface area contributed by atoms with Gasteiger partial charge in [0.2, 0.25) is 0 Å². The molecule has 1 heterocycles. The Balaban J connectivity index is 2.38. The molecule has 0 bridgehead atoms. The largest absolute Gasteiger partial charge is 0.481 e. The third-order valence-electron chi connectivity index (χ3n) is 2.03. The zero-order chi connectivity index (χ0) is 11.5. The predicted molar refractivity (Wildman–Crippen MR) is 62.6 cm³/mol. The van der Waals surface area contributed by atoms with Crippen LogP contribution in [0.4, 0.5) is 0 Å². The van der Waals surface area contributed by atoms with Gasteiger partial charge in [-0.15, -0.1) is 0 Å². The highest BCUT2D eigenvalue weighted by atomic mass is 32.2. The Bertz CT molecular complexity index is 542. The Kier molecular flexibility index (Phi) is 3.05. The molecule has 2 rings (SSSR count). The van der Waals surface area contributed by atoms with Crippen molar-refractivity contribution in [2.75, 3.05) is 5.75 Å². The fraction of sp³-hybridized carbons (Fsp3) is 0.182. The van der Waals surface area contributed by atoms with Crippen LogP contribution in [0.1, 0.15) is 5.69 Å². The lowest BCUT2D eigenvalue weighted by Crippen LogP contribution is -2.00. The minimum atomic E-state index is -0.848. The number of aliphatic carboxylic acids is 1.